The van der Waals surface area contributed by atoms with E-state index in [1.165, 1.54) is 6.20 Å². The quantitative estimate of drug-likeness (QED) is 0.672. The number of hydrogen-bond donors (Lipinski definition) is 2. The Labute approximate surface area is 87.5 Å². The SMILES string of the molecule is Nc1cc(C(=O)N2CCC(O)C2)ccn1. The first-order valence-corrected chi connectivity index (χ1v) is 4.85. The van der Waals surface area contributed by atoms with Crippen LogP contribution in [0.2, 0.25) is 0 Å². The molecule has 1 aliphatic rings. The molecular formula is C10H13N3O2. The summed E-state index contributed by atoms with van der Waals surface area (Å²) in [5.74, 6) is 0.237. The molecule has 80 valence electrons. The van der Waals surface area contributed by atoms with E-state index < -0.39 is 6.10 Å². The molecule has 15 heavy (non-hydrogen) atoms. The molecule has 1 amide bonds. The zero-order chi connectivity index (χ0) is 10.8. The van der Waals surface area contributed by atoms with Crippen LogP contribution in [0, 0.1) is 0 Å². The van der Waals surface area contributed by atoms with Crippen molar-refractivity contribution in [1.82, 2.24) is 9.88 Å². The Morgan fingerprint density at radius 3 is 3.07 bits per heavy atom. The molecule has 0 aromatic carbocycles. The summed E-state index contributed by atoms with van der Waals surface area (Å²) < 4.78 is 0. The molecule has 0 spiro atoms. The van der Waals surface area contributed by atoms with Gasteiger partial charge in [-0.05, 0) is 18.6 Å². The Morgan fingerprint density at radius 2 is 2.47 bits per heavy atom. The molecule has 5 nitrogen and oxygen atoms in total. The molecule has 2 rings (SSSR count). The van der Waals surface area contributed by atoms with Crippen molar-refractivity contribution in [3.05, 3.63) is 23.9 Å². The second-order valence-electron chi connectivity index (χ2n) is 3.66. The maximum Gasteiger partial charge on any atom is 0.254 e. The van der Waals surface area contributed by atoms with Crippen molar-refractivity contribution >= 4 is 11.7 Å². The number of rotatable bonds is 1. The number of anilines is 1. The van der Waals surface area contributed by atoms with E-state index in [0.717, 1.165) is 0 Å². The first-order valence-electron chi connectivity index (χ1n) is 4.85. The molecule has 0 radical (unpaired) electrons. The van der Waals surface area contributed by atoms with Crippen molar-refractivity contribution in [1.29, 1.82) is 0 Å². The van der Waals surface area contributed by atoms with Gasteiger partial charge in [-0.3, -0.25) is 4.79 Å². The number of aliphatic hydroxyl groups excluding tert-OH is 1. The lowest BCUT2D eigenvalue weighted by atomic mass is 10.2. The number of hydrogen-bond acceptors (Lipinski definition) is 4. The average molecular weight is 207 g/mol. The summed E-state index contributed by atoms with van der Waals surface area (Å²) in [5.41, 5.74) is 6.02. The molecule has 3 N–H and O–H groups in total. The minimum atomic E-state index is -0.395. The largest absolute Gasteiger partial charge is 0.391 e. The van der Waals surface area contributed by atoms with Crippen molar-refractivity contribution in [2.45, 2.75) is 12.5 Å². The zero-order valence-electron chi connectivity index (χ0n) is 8.26. The lowest BCUT2D eigenvalue weighted by molar-refractivity contribution is 0.0765. The fourth-order valence-electron chi connectivity index (χ4n) is 1.69. The van der Waals surface area contributed by atoms with Crippen molar-refractivity contribution in [2.75, 3.05) is 18.8 Å². The summed E-state index contributed by atoms with van der Waals surface area (Å²) in [6, 6.07) is 3.18. The van der Waals surface area contributed by atoms with Gasteiger partial charge in [0, 0.05) is 24.8 Å². The number of carbonyl (C=O) groups is 1. The molecule has 1 unspecified atom stereocenters. The standard InChI is InChI=1S/C10H13N3O2/c11-9-5-7(1-3-12-9)10(15)13-4-2-8(14)6-13/h1,3,5,8,14H,2,4,6H2,(H2,11,12). The number of nitrogens with zero attached hydrogens (tertiary/aromatic N) is 2. The number of amides is 1. The molecule has 1 aromatic rings. The highest BCUT2D eigenvalue weighted by Crippen LogP contribution is 2.14. The lowest BCUT2D eigenvalue weighted by Gasteiger charge is -2.15. The monoisotopic (exact) mass is 207 g/mol. The molecule has 0 saturated carbocycles. The molecule has 2 heterocycles. The van der Waals surface area contributed by atoms with Crippen LogP contribution in [0.4, 0.5) is 5.82 Å². The number of carbonyl (C=O) groups excluding carboxylic acids is 1. The number of nitrogens with two attached hydrogens (primary N) is 1. The van der Waals surface area contributed by atoms with Crippen molar-refractivity contribution in [3.63, 3.8) is 0 Å². The topological polar surface area (TPSA) is 79.5 Å². The van der Waals surface area contributed by atoms with E-state index in [1.54, 1.807) is 17.0 Å². The summed E-state index contributed by atoms with van der Waals surface area (Å²) in [5, 5.41) is 9.32. The Bertz CT molecular complexity index is 381. The summed E-state index contributed by atoms with van der Waals surface area (Å²) >= 11 is 0. The third kappa shape index (κ3) is 2.07. The second-order valence-corrected chi connectivity index (χ2v) is 3.66. The minimum absolute atomic E-state index is 0.0966. The highest BCUT2D eigenvalue weighted by atomic mass is 16.3. The number of aromatic nitrogens is 1. The fourth-order valence-corrected chi connectivity index (χ4v) is 1.69. The predicted octanol–water partition coefficient (Wildman–Crippen LogP) is -0.129. The van der Waals surface area contributed by atoms with Crippen LogP contribution in [-0.2, 0) is 0 Å². The van der Waals surface area contributed by atoms with Gasteiger partial charge in [-0.25, -0.2) is 4.98 Å². The smallest absolute Gasteiger partial charge is 0.254 e. The number of β-amino-alcohol motifs (C(OH)–C–C–N with tert-alkyl or cyclic N) is 1. The molecule has 0 bridgehead atoms. The van der Waals surface area contributed by atoms with Crippen molar-refractivity contribution in [3.8, 4) is 0 Å². The van der Waals surface area contributed by atoms with E-state index in [0.29, 0.717) is 30.9 Å². The molecule has 1 atom stereocenters. The van der Waals surface area contributed by atoms with Crippen LogP contribution in [0.1, 0.15) is 16.8 Å². The Morgan fingerprint density at radius 1 is 1.67 bits per heavy atom. The Hall–Kier alpha value is -1.62. The van der Waals surface area contributed by atoms with E-state index in [2.05, 4.69) is 4.98 Å². The van der Waals surface area contributed by atoms with Gasteiger partial charge in [0.15, 0.2) is 0 Å². The number of nitrogen functional groups attached to an aromatic ring is 1. The Kier molecular flexibility index (Phi) is 2.55. The van der Waals surface area contributed by atoms with Crippen LogP contribution in [0.5, 0.6) is 0 Å². The summed E-state index contributed by atoms with van der Waals surface area (Å²) in [7, 11) is 0. The Balaban J connectivity index is 2.14. The van der Waals surface area contributed by atoms with E-state index in [9.17, 15) is 9.90 Å². The highest BCUT2D eigenvalue weighted by molar-refractivity contribution is 5.94. The maximum atomic E-state index is 11.9. The molecule has 5 heteroatoms. The normalized spacial score (nSPS) is 20.6. The first-order chi connectivity index (χ1) is 7.16. The molecule has 1 fully saturated rings. The lowest BCUT2D eigenvalue weighted by Crippen LogP contribution is -2.29. The summed E-state index contributed by atoms with van der Waals surface area (Å²) in [6.45, 7) is 1.00. The van der Waals surface area contributed by atoms with E-state index >= 15 is 0 Å². The van der Waals surface area contributed by atoms with Crippen LogP contribution < -0.4 is 5.73 Å². The van der Waals surface area contributed by atoms with E-state index in [-0.39, 0.29) is 5.91 Å². The van der Waals surface area contributed by atoms with Crippen molar-refractivity contribution < 1.29 is 9.90 Å². The van der Waals surface area contributed by atoms with Gasteiger partial charge < -0.3 is 15.7 Å². The maximum absolute atomic E-state index is 11.9. The minimum Gasteiger partial charge on any atom is -0.391 e. The van der Waals surface area contributed by atoms with Gasteiger partial charge in [-0.1, -0.05) is 0 Å². The fraction of sp³-hybridized carbons (Fsp3) is 0.400. The van der Waals surface area contributed by atoms with Gasteiger partial charge in [-0.2, -0.15) is 0 Å². The van der Waals surface area contributed by atoms with Crippen LogP contribution in [-0.4, -0.2) is 40.1 Å². The third-order valence-corrected chi connectivity index (χ3v) is 2.48. The predicted molar refractivity (Wildman–Crippen MR) is 55.2 cm³/mol. The van der Waals surface area contributed by atoms with Crippen LogP contribution >= 0.6 is 0 Å². The van der Waals surface area contributed by atoms with Crippen LogP contribution in [0.25, 0.3) is 0 Å². The third-order valence-electron chi connectivity index (χ3n) is 2.48. The number of pyridine rings is 1. The molecule has 1 aliphatic heterocycles. The number of likely N-dealkylation sites (tertiary alicyclic amines) is 1. The summed E-state index contributed by atoms with van der Waals surface area (Å²) in [6.07, 6.45) is 1.76. The van der Waals surface area contributed by atoms with E-state index in [4.69, 9.17) is 5.73 Å². The van der Waals surface area contributed by atoms with Crippen molar-refractivity contribution in [2.24, 2.45) is 0 Å². The molecule has 1 aromatic heterocycles. The van der Waals surface area contributed by atoms with Gasteiger partial charge in [0.05, 0.1) is 6.10 Å². The number of aliphatic hydroxyl groups is 1. The molecule has 0 aliphatic carbocycles. The van der Waals surface area contributed by atoms with Gasteiger partial charge in [-0.15, -0.1) is 0 Å². The van der Waals surface area contributed by atoms with Crippen LogP contribution in [0.3, 0.4) is 0 Å². The van der Waals surface area contributed by atoms with E-state index in [1.807, 2.05) is 0 Å². The van der Waals surface area contributed by atoms with Gasteiger partial charge >= 0.3 is 0 Å². The molecular weight excluding hydrogens is 194 g/mol. The van der Waals surface area contributed by atoms with Crippen LogP contribution in [0.15, 0.2) is 18.3 Å². The average Bonchev–Trinajstić information content (AvgIpc) is 2.64. The summed E-state index contributed by atoms with van der Waals surface area (Å²) in [4.78, 5) is 17.3. The van der Waals surface area contributed by atoms with Gasteiger partial charge in [0.1, 0.15) is 5.82 Å². The zero-order valence-corrected chi connectivity index (χ0v) is 8.26. The molecule has 1 saturated heterocycles. The van der Waals surface area contributed by atoms with Gasteiger partial charge in [0.2, 0.25) is 0 Å². The van der Waals surface area contributed by atoms with Gasteiger partial charge in [0.25, 0.3) is 5.91 Å². The highest BCUT2D eigenvalue weighted by Gasteiger charge is 2.25. The first kappa shape index (κ1) is 9.92. The second kappa shape index (κ2) is 3.86.